The number of carbonyl (C=O) groups excluding carboxylic acids is 1. The highest BCUT2D eigenvalue weighted by Gasteiger charge is 2.43. The maximum atomic E-state index is 13.3. The molecular formula is C34H37NO5. The number of fused-ring (bicyclic) bond motifs is 3. The van der Waals surface area contributed by atoms with E-state index in [2.05, 4.69) is 31.2 Å². The van der Waals surface area contributed by atoms with E-state index in [-0.39, 0.29) is 18.2 Å². The number of hydrogen-bond acceptors (Lipinski definition) is 5. The Morgan fingerprint density at radius 1 is 1.00 bits per heavy atom. The number of benzene rings is 3. The summed E-state index contributed by atoms with van der Waals surface area (Å²) in [6.45, 7) is 7.37. The third kappa shape index (κ3) is 4.68. The summed E-state index contributed by atoms with van der Waals surface area (Å²) >= 11 is 0. The van der Waals surface area contributed by atoms with Crippen LogP contribution in [0.5, 0.6) is 5.75 Å². The summed E-state index contributed by atoms with van der Waals surface area (Å²) in [7, 11) is 0. The minimum Gasteiger partial charge on any atom is -0.488 e. The molecule has 6 heteroatoms. The molecule has 0 unspecified atom stereocenters. The normalized spacial score (nSPS) is 21.0. The molecule has 208 valence electrons. The number of likely N-dealkylation sites (tertiary alicyclic amines) is 1. The lowest BCUT2D eigenvalue weighted by molar-refractivity contribution is -0.142. The van der Waals surface area contributed by atoms with Crippen LogP contribution < -0.4 is 10.4 Å². The van der Waals surface area contributed by atoms with Crippen LogP contribution >= 0.6 is 0 Å². The van der Waals surface area contributed by atoms with Crippen LogP contribution in [0.2, 0.25) is 0 Å². The van der Waals surface area contributed by atoms with Gasteiger partial charge in [-0.05, 0) is 74.1 Å². The second kappa shape index (κ2) is 10.4. The molecular weight excluding hydrogens is 502 g/mol. The van der Waals surface area contributed by atoms with Crippen LogP contribution in [-0.4, -0.2) is 34.6 Å². The lowest BCUT2D eigenvalue weighted by Gasteiger charge is -2.47. The fourth-order valence-corrected chi connectivity index (χ4v) is 6.78. The van der Waals surface area contributed by atoms with Gasteiger partial charge in [0.25, 0.3) is 0 Å². The molecule has 1 aliphatic carbocycles. The first-order valence-corrected chi connectivity index (χ1v) is 14.4. The van der Waals surface area contributed by atoms with Crippen molar-refractivity contribution in [1.82, 2.24) is 4.90 Å². The summed E-state index contributed by atoms with van der Waals surface area (Å²) in [5.41, 5.74) is 3.61. The number of rotatable bonds is 5. The molecule has 6 rings (SSSR count). The van der Waals surface area contributed by atoms with Gasteiger partial charge in [-0.2, -0.15) is 0 Å². The van der Waals surface area contributed by atoms with Gasteiger partial charge in [-0.3, -0.25) is 4.79 Å². The van der Waals surface area contributed by atoms with Gasteiger partial charge in [0.1, 0.15) is 17.9 Å². The smallest absolute Gasteiger partial charge is 0.340 e. The molecule has 2 atom stereocenters. The third-order valence-corrected chi connectivity index (χ3v) is 9.41. The molecule has 1 N–H and O–H groups in total. The highest BCUT2D eigenvalue weighted by Crippen LogP contribution is 2.40. The van der Waals surface area contributed by atoms with Gasteiger partial charge in [0.15, 0.2) is 0 Å². The Balaban J connectivity index is 1.23. The summed E-state index contributed by atoms with van der Waals surface area (Å²) in [5.74, 6) is 0.704. The van der Waals surface area contributed by atoms with E-state index >= 15 is 0 Å². The molecule has 0 radical (unpaired) electrons. The van der Waals surface area contributed by atoms with Gasteiger partial charge in [-0.1, -0.05) is 49.2 Å². The van der Waals surface area contributed by atoms with E-state index in [4.69, 9.17) is 9.15 Å². The molecule has 1 saturated heterocycles. The minimum absolute atomic E-state index is 0.00686. The first kappa shape index (κ1) is 26.6. The first-order chi connectivity index (χ1) is 19.2. The van der Waals surface area contributed by atoms with E-state index in [0.717, 1.165) is 53.3 Å². The van der Waals surface area contributed by atoms with Gasteiger partial charge >= 0.3 is 5.63 Å². The van der Waals surface area contributed by atoms with Crippen LogP contribution in [0.3, 0.4) is 0 Å². The fraction of sp³-hybridized carbons (Fsp3) is 0.412. The zero-order valence-corrected chi connectivity index (χ0v) is 23.6. The molecule has 1 aromatic heterocycles. The van der Waals surface area contributed by atoms with Gasteiger partial charge in [-0.25, -0.2) is 4.79 Å². The lowest BCUT2D eigenvalue weighted by atomic mass is 9.71. The largest absolute Gasteiger partial charge is 0.488 e. The Morgan fingerprint density at radius 2 is 1.82 bits per heavy atom. The van der Waals surface area contributed by atoms with Crippen molar-refractivity contribution < 1.29 is 19.1 Å². The Bertz CT molecular complexity index is 1670. The van der Waals surface area contributed by atoms with Crippen molar-refractivity contribution >= 4 is 27.6 Å². The third-order valence-electron chi connectivity index (χ3n) is 9.41. The molecule has 2 aliphatic rings. The summed E-state index contributed by atoms with van der Waals surface area (Å²) in [4.78, 5) is 28.3. The van der Waals surface area contributed by atoms with Crippen molar-refractivity contribution in [3.8, 4) is 5.75 Å². The molecule has 0 bridgehead atoms. The SMILES string of the molecule is Cc1ccc2ccccc2c1COc1ccc2c(C)c(CC(=O)N3CC[C@@]4(O)CCCC[C@H]4C3)c(=O)oc2c1C. The Hall–Kier alpha value is -3.64. The molecule has 4 aromatic rings. The van der Waals surface area contributed by atoms with Crippen LogP contribution in [0.15, 0.2) is 57.7 Å². The second-order valence-electron chi connectivity index (χ2n) is 11.7. The van der Waals surface area contributed by atoms with Crippen LogP contribution in [0.1, 0.15) is 59.9 Å². The van der Waals surface area contributed by atoms with Gasteiger partial charge < -0.3 is 19.2 Å². The van der Waals surface area contributed by atoms with E-state index in [1.807, 2.05) is 43.0 Å². The molecule has 1 saturated carbocycles. The van der Waals surface area contributed by atoms with Gasteiger partial charge in [0.2, 0.25) is 5.91 Å². The molecule has 3 aromatic carbocycles. The number of nitrogens with zero attached hydrogens (tertiary/aromatic N) is 1. The van der Waals surface area contributed by atoms with Crippen molar-refractivity contribution in [2.45, 2.75) is 71.5 Å². The molecule has 40 heavy (non-hydrogen) atoms. The predicted molar refractivity (Wildman–Crippen MR) is 157 cm³/mol. The standard InChI is InChI=1S/C34H37NO5/c1-21-11-12-24-8-4-5-10-27(24)29(21)20-39-30-14-13-26-22(2)28(33(37)40-32(26)23(30)3)18-31(36)35-17-16-34(38)15-7-6-9-25(34)19-35/h4-5,8,10-14,25,38H,6-7,9,15-20H2,1-3H3/t25-,34-/m0/s1. The Kier molecular flexibility index (Phi) is 6.91. The number of aryl methyl sites for hydroxylation is 3. The van der Waals surface area contributed by atoms with Crippen molar-refractivity contribution in [3.63, 3.8) is 0 Å². The van der Waals surface area contributed by atoms with Gasteiger partial charge in [0, 0.05) is 35.5 Å². The van der Waals surface area contributed by atoms with Crippen molar-refractivity contribution in [2.24, 2.45) is 5.92 Å². The number of hydrogen-bond donors (Lipinski definition) is 1. The molecule has 0 spiro atoms. The number of aliphatic hydroxyl groups is 1. The van der Waals surface area contributed by atoms with Gasteiger partial charge in [0.05, 0.1) is 17.6 Å². The highest BCUT2D eigenvalue weighted by molar-refractivity contribution is 5.88. The second-order valence-corrected chi connectivity index (χ2v) is 11.7. The Morgan fingerprint density at radius 3 is 2.67 bits per heavy atom. The highest BCUT2D eigenvalue weighted by atomic mass is 16.5. The quantitative estimate of drug-likeness (QED) is 0.308. The summed E-state index contributed by atoms with van der Waals surface area (Å²) in [5, 5.41) is 14.1. The van der Waals surface area contributed by atoms with Crippen molar-refractivity contribution in [3.05, 3.63) is 86.8 Å². The van der Waals surface area contributed by atoms with Crippen LogP contribution in [0.25, 0.3) is 21.7 Å². The summed E-state index contributed by atoms with van der Waals surface area (Å²) < 4.78 is 12.1. The minimum atomic E-state index is -0.642. The number of ether oxygens (including phenoxy) is 1. The zero-order chi connectivity index (χ0) is 28.0. The van der Waals surface area contributed by atoms with E-state index in [9.17, 15) is 14.7 Å². The Labute approximate surface area is 234 Å². The molecule has 2 heterocycles. The van der Waals surface area contributed by atoms with Crippen molar-refractivity contribution in [1.29, 1.82) is 0 Å². The predicted octanol–water partition coefficient (Wildman–Crippen LogP) is 6.15. The summed E-state index contributed by atoms with van der Waals surface area (Å²) in [6.07, 6.45) is 4.52. The van der Waals surface area contributed by atoms with E-state index in [0.29, 0.717) is 43.0 Å². The fourth-order valence-electron chi connectivity index (χ4n) is 6.78. The summed E-state index contributed by atoms with van der Waals surface area (Å²) in [6, 6.07) is 16.3. The molecule has 2 fully saturated rings. The van der Waals surface area contributed by atoms with Crippen LogP contribution in [0, 0.1) is 26.7 Å². The molecule has 1 aliphatic heterocycles. The van der Waals surface area contributed by atoms with Crippen molar-refractivity contribution in [2.75, 3.05) is 13.1 Å². The lowest BCUT2D eigenvalue weighted by Crippen LogP contribution is -2.55. The zero-order valence-electron chi connectivity index (χ0n) is 23.6. The monoisotopic (exact) mass is 539 g/mol. The van der Waals surface area contributed by atoms with E-state index in [1.165, 1.54) is 10.8 Å². The van der Waals surface area contributed by atoms with E-state index in [1.54, 1.807) is 0 Å². The first-order valence-electron chi connectivity index (χ1n) is 14.4. The van der Waals surface area contributed by atoms with E-state index < -0.39 is 11.2 Å². The number of amides is 1. The maximum absolute atomic E-state index is 13.3. The van der Waals surface area contributed by atoms with Crippen LogP contribution in [0.4, 0.5) is 0 Å². The maximum Gasteiger partial charge on any atom is 0.340 e. The van der Waals surface area contributed by atoms with Gasteiger partial charge in [-0.15, -0.1) is 0 Å². The average Bonchev–Trinajstić information content (AvgIpc) is 2.95. The topological polar surface area (TPSA) is 80.0 Å². The number of carbonyl (C=O) groups is 1. The average molecular weight is 540 g/mol. The molecule has 1 amide bonds. The molecule has 6 nitrogen and oxygen atoms in total. The van der Waals surface area contributed by atoms with Crippen LogP contribution in [-0.2, 0) is 17.8 Å². The number of piperidine rings is 1.